The molecule has 0 saturated carbocycles. The summed E-state index contributed by atoms with van der Waals surface area (Å²) in [4.78, 5) is 15.8. The van der Waals surface area contributed by atoms with Gasteiger partial charge in [-0.25, -0.2) is 15.0 Å². The highest BCUT2D eigenvalue weighted by molar-refractivity contribution is 6.17. The van der Waals surface area contributed by atoms with Crippen molar-refractivity contribution in [3.63, 3.8) is 0 Å². The Morgan fingerprint density at radius 1 is 0.385 bits per heavy atom. The molecule has 0 amide bonds. The fourth-order valence-corrected chi connectivity index (χ4v) is 9.76. The average Bonchev–Trinajstić information content (AvgIpc) is 4.04. The normalized spacial score (nSPS) is 11.7. The number of benzene rings is 9. The highest BCUT2D eigenvalue weighted by Gasteiger charge is 2.26. The SMILES string of the molecule is N#Cc1cc(-c2ccccc2)c(-n2c3ccccc3c3c(-n4c5ccccc5c5ccccc54)cccc32)c(-c2nc(-c3ccccc3)nc(-c3ccc4oc5ccccc5c4c3)n2)c1. The Morgan fingerprint density at radius 2 is 0.923 bits per heavy atom. The van der Waals surface area contributed by atoms with Crippen LogP contribution in [0.15, 0.2) is 211 Å². The zero-order valence-electron chi connectivity index (χ0n) is 34.7. The molecule has 0 radical (unpaired) electrons. The second-order valence-corrected chi connectivity index (χ2v) is 16.3. The van der Waals surface area contributed by atoms with Gasteiger partial charge in [0.15, 0.2) is 17.5 Å². The lowest BCUT2D eigenvalue weighted by atomic mass is 9.96. The lowest BCUT2D eigenvalue weighted by Crippen LogP contribution is -2.06. The summed E-state index contributed by atoms with van der Waals surface area (Å²) >= 11 is 0. The third-order valence-electron chi connectivity index (χ3n) is 12.6. The van der Waals surface area contributed by atoms with Crippen molar-refractivity contribution in [2.45, 2.75) is 0 Å². The van der Waals surface area contributed by atoms with Crippen molar-refractivity contribution in [2.75, 3.05) is 0 Å². The Morgan fingerprint density at radius 3 is 1.63 bits per heavy atom. The molecule has 302 valence electrons. The molecule has 0 aliphatic carbocycles. The van der Waals surface area contributed by atoms with Crippen molar-refractivity contribution in [3.8, 4) is 62.7 Å². The maximum atomic E-state index is 10.8. The number of nitrogens with zero attached hydrogens (tertiary/aromatic N) is 6. The van der Waals surface area contributed by atoms with Crippen molar-refractivity contribution in [1.29, 1.82) is 5.26 Å². The standard InChI is InChI=1S/C58H34N6O/c59-35-36-32-44(37-16-3-1-4-17-37)55(64-49-26-13-9-23-43(49)54-50(27-15-28-51(54)64)63-47-24-11-7-20-40(47)41-21-8-12-25-48(41)63)46(33-36)58-61-56(38-18-5-2-6-19-38)60-57(62-58)39-30-31-53-45(34-39)42-22-10-14-29-52(42)65-53/h1-34H. The molecule has 0 aliphatic heterocycles. The van der Waals surface area contributed by atoms with Gasteiger partial charge in [-0.2, -0.15) is 5.26 Å². The summed E-state index contributed by atoms with van der Waals surface area (Å²) in [7, 11) is 0. The lowest BCUT2D eigenvalue weighted by Gasteiger charge is -2.20. The number of hydrogen-bond donors (Lipinski definition) is 0. The number of fused-ring (bicyclic) bond motifs is 9. The lowest BCUT2D eigenvalue weighted by molar-refractivity contribution is 0.669. The number of nitriles is 1. The van der Waals surface area contributed by atoms with Crippen LogP contribution in [0.4, 0.5) is 0 Å². The highest BCUT2D eigenvalue weighted by Crippen LogP contribution is 2.45. The molecule has 0 spiro atoms. The van der Waals surface area contributed by atoms with Crippen LogP contribution in [0.3, 0.4) is 0 Å². The fraction of sp³-hybridized carbons (Fsp3) is 0. The summed E-state index contributed by atoms with van der Waals surface area (Å²) in [6, 6.07) is 73.2. The minimum absolute atomic E-state index is 0.444. The molecule has 0 saturated heterocycles. The molecule has 13 rings (SSSR count). The van der Waals surface area contributed by atoms with E-state index in [9.17, 15) is 5.26 Å². The second kappa shape index (κ2) is 14.5. The van der Waals surface area contributed by atoms with Crippen molar-refractivity contribution in [2.24, 2.45) is 0 Å². The summed E-state index contributed by atoms with van der Waals surface area (Å²) < 4.78 is 11.0. The van der Waals surface area contributed by atoms with Crippen LogP contribution in [-0.4, -0.2) is 24.1 Å². The minimum atomic E-state index is 0.444. The molecule has 0 unspecified atom stereocenters. The van der Waals surface area contributed by atoms with Gasteiger partial charge in [0.25, 0.3) is 0 Å². The van der Waals surface area contributed by atoms with E-state index >= 15 is 0 Å². The minimum Gasteiger partial charge on any atom is -0.456 e. The van der Waals surface area contributed by atoms with Gasteiger partial charge >= 0.3 is 0 Å². The molecule has 0 atom stereocenters. The van der Waals surface area contributed by atoms with Crippen molar-refractivity contribution >= 4 is 65.6 Å². The van der Waals surface area contributed by atoms with Gasteiger partial charge < -0.3 is 13.6 Å². The van der Waals surface area contributed by atoms with Gasteiger partial charge in [0.2, 0.25) is 0 Å². The van der Waals surface area contributed by atoms with Gasteiger partial charge in [0.05, 0.1) is 45.1 Å². The van der Waals surface area contributed by atoms with Gasteiger partial charge in [-0.3, -0.25) is 0 Å². The zero-order valence-corrected chi connectivity index (χ0v) is 34.7. The Bertz CT molecular complexity index is 4030. The molecular formula is C58H34N6O. The van der Waals surface area contributed by atoms with Gasteiger partial charge in [0.1, 0.15) is 11.2 Å². The van der Waals surface area contributed by atoms with Crippen LogP contribution in [0.25, 0.3) is 122 Å². The van der Waals surface area contributed by atoms with E-state index in [1.807, 2.05) is 91.0 Å². The van der Waals surface area contributed by atoms with E-state index in [2.05, 4.69) is 130 Å². The molecular weight excluding hydrogens is 797 g/mol. The Hall–Kier alpha value is -9.12. The van der Waals surface area contributed by atoms with Crippen molar-refractivity contribution < 1.29 is 4.42 Å². The fourth-order valence-electron chi connectivity index (χ4n) is 9.76. The summed E-state index contributed by atoms with van der Waals surface area (Å²) in [6.07, 6.45) is 0. The summed E-state index contributed by atoms with van der Waals surface area (Å²) in [6.45, 7) is 0. The molecule has 0 bridgehead atoms. The monoisotopic (exact) mass is 830 g/mol. The molecule has 7 nitrogen and oxygen atoms in total. The van der Waals surface area contributed by atoms with Crippen LogP contribution in [0, 0.1) is 11.3 Å². The predicted octanol–water partition coefficient (Wildman–Crippen LogP) is 14.5. The van der Waals surface area contributed by atoms with Gasteiger partial charge in [-0.15, -0.1) is 0 Å². The first-order chi connectivity index (χ1) is 32.2. The summed E-state index contributed by atoms with van der Waals surface area (Å²) in [5.74, 6) is 1.47. The first-order valence-electron chi connectivity index (χ1n) is 21.6. The van der Waals surface area contributed by atoms with E-state index in [0.717, 1.165) is 88.4 Å². The Kier molecular flexibility index (Phi) is 8.14. The molecule has 0 aliphatic rings. The van der Waals surface area contributed by atoms with Crippen molar-refractivity contribution in [1.82, 2.24) is 24.1 Å². The van der Waals surface area contributed by atoms with Crippen molar-refractivity contribution in [3.05, 3.63) is 212 Å². The smallest absolute Gasteiger partial charge is 0.166 e. The third-order valence-corrected chi connectivity index (χ3v) is 12.6. The van der Waals surface area contributed by atoms with E-state index in [4.69, 9.17) is 19.4 Å². The molecule has 0 fully saturated rings. The molecule has 65 heavy (non-hydrogen) atoms. The van der Waals surface area contributed by atoms with E-state index in [1.54, 1.807) is 0 Å². The van der Waals surface area contributed by atoms with Gasteiger partial charge in [-0.05, 0) is 72.3 Å². The maximum absolute atomic E-state index is 10.8. The van der Waals surface area contributed by atoms with Crippen LogP contribution in [-0.2, 0) is 0 Å². The van der Waals surface area contributed by atoms with Crippen LogP contribution < -0.4 is 0 Å². The second-order valence-electron chi connectivity index (χ2n) is 16.3. The zero-order chi connectivity index (χ0) is 43.0. The average molecular weight is 831 g/mol. The first kappa shape index (κ1) is 36.5. The molecule has 7 heteroatoms. The molecule has 13 aromatic rings. The van der Waals surface area contributed by atoms with Gasteiger partial charge in [-0.1, -0.05) is 140 Å². The van der Waals surface area contributed by atoms with E-state index in [1.165, 1.54) is 10.8 Å². The maximum Gasteiger partial charge on any atom is 0.166 e. The number of furan rings is 1. The number of para-hydroxylation sites is 4. The number of aromatic nitrogens is 5. The third kappa shape index (κ3) is 5.71. The predicted molar refractivity (Wildman–Crippen MR) is 262 cm³/mol. The first-order valence-corrected chi connectivity index (χ1v) is 21.6. The summed E-state index contributed by atoms with van der Waals surface area (Å²) in [5, 5.41) is 17.4. The van der Waals surface area contributed by atoms with Gasteiger partial charge in [0, 0.05) is 54.6 Å². The largest absolute Gasteiger partial charge is 0.456 e. The molecule has 4 heterocycles. The highest BCUT2D eigenvalue weighted by atomic mass is 16.3. The Balaban J connectivity index is 1.15. The Labute approximate surface area is 372 Å². The molecule has 0 N–H and O–H groups in total. The van der Waals surface area contributed by atoms with E-state index in [0.29, 0.717) is 28.6 Å². The van der Waals surface area contributed by atoms with Crippen LogP contribution in [0.5, 0.6) is 0 Å². The topological polar surface area (TPSA) is 85.5 Å². The van der Waals surface area contributed by atoms with Crippen LogP contribution in [0.1, 0.15) is 5.56 Å². The molecule has 4 aromatic heterocycles. The van der Waals surface area contributed by atoms with Crippen LogP contribution in [0.2, 0.25) is 0 Å². The van der Waals surface area contributed by atoms with E-state index < -0.39 is 0 Å². The number of rotatable bonds is 6. The number of hydrogen-bond acceptors (Lipinski definition) is 5. The summed E-state index contributed by atoms with van der Waals surface area (Å²) in [5.41, 5.74) is 12.5. The van der Waals surface area contributed by atoms with E-state index in [-0.39, 0.29) is 0 Å². The molecule has 9 aromatic carbocycles. The van der Waals surface area contributed by atoms with Crippen LogP contribution >= 0.6 is 0 Å². The quantitative estimate of drug-likeness (QED) is 0.167.